The molecule has 3 rings (SSSR count). The van der Waals surface area contributed by atoms with Crippen molar-refractivity contribution in [2.24, 2.45) is 0 Å². The molecule has 3 N–H and O–H groups in total. The molecule has 11 heteroatoms. The third-order valence-corrected chi connectivity index (χ3v) is 5.24. The maximum absolute atomic E-state index is 12.6. The highest BCUT2D eigenvalue weighted by atomic mass is 16.6. The van der Waals surface area contributed by atoms with Gasteiger partial charge in [-0.25, -0.2) is 14.6 Å². The van der Waals surface area contributed by atoms with Gasteiger partial charge >= 0.3 is 12.1 Å². The second-order valence-corrected chi connectivity index (χ2v) is 7.27. The predicted molar refractivity (Wildman–Crippen MR) is 110 cm³/mol. The van der Waals surface area contributed by atoms with Crippen molar-refractivity contribution in [2.45, 2.75) is 32.1 Å². The van der Waals surface area contributed by atoms with E-state index in [4.69, 9.17) is 9.47 Å². The lowest BCUT2D eigenvalue weighted by atomic mass is 10.0. The molecule has 32 heavy (non-hydrogen) atoms. The molecule has 1 aromatic heterocycles. The van der Waals surface area contributed by atoms with E-state index < -0.39 is 34.7 Å². The fourth-order valence-corrected chi connectivity index (χ4v) is 3.69. The van der Waals surface area contributed by atoms with Crippen LogP contribution in [0.5, 0.6) is 5.75 Å². The number of ether oxygens (including phenoxy) is 2. The minimum Gasteiger partial charge on any atom is -0.501 e. The van der Waals surface area contributed by atoms with Crippen LogP contribution in [0.25, 0.3) is 0 Å². The molecule has 1 aliphatic heterocycles. The quantitative estimate of drug-likeness (QED) is 0.536. The first-order valence-electron chi connectivity index (χ1n) is 10.1. The molecule has 1 saturated heterocycles. The summed E-state index contributed by atoms with van der Waals surface area (Å²) in [5, 5.41) is 28.6. The summed E-state index contributed by atoms with van der Waals surface area (Å²) in [6.07, 6.45) is -0.421. The molecule has 0 spiro atoms. The van der Waals surface area contributed by atoms with Crippen molar-refractivity contribution >= 4 is 12.1 Å². The average molecular weight is 447 g/mol. The number of nitrogens with zero attached hydrogens (tertiary/aromatic N) is 3. The van der Waals surface area contributed by atoms with E-state index in [1.807, 2.05) is 30.3 Å². The Kier molecular flexibility index (Phi) is 7.11. The van der Waals surface area contributed by atoms with E-state index >= 15 is 0 Å². The summed E-state index contributed by atoms with van der Waals surface area (Å²) in [6, 6.07) is 9.14. The summed E-state index contributed by atoms with van der Waals surface area (Å²) >= 11 is 0. The number of rotatable bonds is 8. The van der Waals surface area contributed by atoms with Crippen molar-refractivity contribution in [2.75, 3.05) is 26.3 Å². The van der Waals surface area contributed by atoms with Gasteiger partial charge in [-0.3, -0.25) is 9.36 Å². The van der Waals surface area contributed by atoms with Crippen molar-refractivity contribution in [3.63, 3.8) is 0 Å². The molecule has 1 amide bonds. The third-order valence-electron chi connectivity index (χ3n) is 5.24. The highest BCUT2D eigenvalue weighted by molar-refractivity contribution is 5.88. The van der Waals surface area contributed by atoms with Crippen LogP contribution in [0.1, 0.15) is 35.2 Å². The van der Waals surface area contributed by atoms with Crippen LogP contribution in [0.3, 0.4) is 0 Å². The molecule has 0 saturated carbocycles. The molecule has 0 bridgehead atoms. The molecule has 2 heterocycles. The highest BCUT2D eigenvalue weighted by Crippen LogP contribution is 2.35. The van der Waals surface area contributed by atoms with Gasteiger partial charge in [0.2, 0.25) is 5.75 Å². The van der Waals surface area contributed by atoms with Crippen LogP contribution >= 0.6 is 0 Å². The standard InChI is InChI=1S/C21H25N3O8/c1-2-24-17(27)16(26)15(18(28)29)22-19(24)21(32-11-10-25)8-9-23(13-21)20(30)31-12-14-6-4-3-5-7-14/h3-7,25-26H,2,8-13H2,1H3,(H,28,29). The maximum Gasteiger partial charge on any atom is 0.410 e. The third kappa shape index (κ3) is 4.58. The number of carbonyl (C=O) groups is 2. The van der Waals surface area contributed by atoms with Crippen LogP contribution in [0, 0.1) is 0 Å². The zero-order chi connectivity index (χ0) is 23.3. The van der Waals surface area contributed by atoms with Gasteiger partial charge in [0.1, 0.15) is 18.0 Å². The fraction of sp³-hybridized carbons (Fsp3) is 0.429. The number of aromatic hydroxyl groups is 1. The number of aliphatic hydroxyl groups excluding tert-OH is 1. The number of carboxylic acid groups (broad SMARTS) is 1. The van der Waals surface area contributed by atoms with Crippen LogP contribution in [0.15, 0.2) is 35.1 Å². The lowest BCUT2D eigenvalue weighted by Gasteiger charge is -2.31. The number of aromatic nitrogens is 2. The number of hydrogen-bond donors (Lipinski definition) is 3. The van der Waals surface area contributed by atoms with Crippen LogP contribution < -0.4 is 5.56 Å². The van der Waals surface area contributed by atoms with Crippen molar-refractivity contribution in [3.05, 3.63) is 57.8 Å². The lowest BCUT2D eigenvalue weighted by molar-refractivity contribution is -0.0637. The topological polar surface area (TPSA) is 151 Å². The van der Waals surface area contributed by atoms with Gasteiger partial charge in [-0.2, -0.15) is 0 Å². The Morgan fingerprint density at radius 2 is 1.97 bits per heavy atom. The molecule has 0 radical (unpaired) electrons. The molecule has 1 aliphatic rings. The van der Waals surface area contributed by atoms with Crippen LogP contribution in [-0.4, -0.2) is 68.1 Å². The van der Waals surface area contributed by atoms with E-state index in [0.717, 1.165) is 10.1 Å². The molecule has 1 fully saturated rings. The van der Waals surface area contributed by atoms with Gasteiger partial charge in [0, 0.05) is 19.5 Å². The number of hydrogen-bond acceptors (Lipinski definition) is 8. The second-order valence-electron chi connectivity index (χ2n) is 7.27. The Hall–Kier alpha value is -3.44. The van der Waals surface area contributed by atoms with E-state index in [0.29, 0.717) is 0 Å². The van der Waals surface area contributed by atoms with Gasteiger partial charge in [-0.05, 0) is 12.5 Å². The summed E-state index contributed by atoms with van der Waals surface area (Å²) in [7, 11) is 0. The Labute approximate surface area is 183 Å². The van der Waals surface area contributed by atoms with E-state index in [9.17, 15) is 29.7 Å². The van der Waals surface area contributed by atoms with Crippen LogP contribution in [-0.2, 0) is 28.2 Å². The molecule has 11 nitrogen and oxygen atoms in total. The summed E-state index contributed by atoms with van der Waals surface area (Å²) in [5.74, 6) is -2.58. The van der Waals surface area contributed by atoms with Gasteiger partial charge in [-0.1, -0.05) is 30.3 Å². The highest BCUT2D eigenvalue weighted by Gasteiger charge is 2.47. The summed E-state index contributed by atoms with van der Waals surface area (Å²) in [6.45, 7) is 1.44. The van der Waals surface area contributed by atoms with Crippen molar-refractivity contribution < 1.29 is 34.4 Å². The van der Waals surface area contributed by atoms with Crippen molar-refractivity contribution in [1.82, 2.24) is 14.5 Å². The predicted octanol–water partition coefficient (Wildman–Crippen LogP) is 0.914. The van der Waals surface area contributed by atoms with Crippen molar-refractivity contribution in [1.29, 1.82) is 0 Å². The molecule has 1 unspecified atom stereocenters. The fourth-order valence-electron chi connectivity index (χ4n) is 3.69. The molecule has 1 atom stereocenters. The van der Waals surface area contributed by atoms with Crippen LogP contribution in [0.2, 0.25) is 0 Å². The Bertz CT molecular complexity index is 1040. The number of aliphatic hydroxyl groups is 1. The van der Waals surface area contributed by atoms with Gasteiger partial charge in [0.15, 0.2) is 5.69 Å². The lowest BCUT2D eigenvalue weighted by Crippen LogP contribution is -2.43. The van der Waals surface area contributed by atoms with E-state index in [1.54, 1.807) is 6.92 Å². The normalized spacial score (nSPS) is 18.0. The molecular formula is C21H25N3O8. The number of likely N-dealkylation sites (tertiary alicyclic amines) is 1. The van der Waals surface area contributed by atoms with Crippen molar-refractivity contribution in [3.8, 4) is 5.75 Å². The molecule has 172 valence electrons. The zero-order valence-electron chi connectivity index (χ0n) is 17.6. The summed E-state index contributed by atoms with van der Waals surface area (Å²) in [5.41, 5.74) is -2.27. The maximum atomic E-state index is 12.6. The number of carbonyl (C=O) groups excluding carboxylic acids is 1. The first-order valence-corrected chi connectivity index (χ1v) is 10.1. The van der Waals surface area contributed by atoms with Gasteiger partial charge in [0.05, 0.1) is 19.8 Å². The number of amides is 1. The van der Waals surface area contributed by atoms with Gasteiger partial charge in [-0.15, -0.1) is 0 Å². The first kappa shape index (κ1) is 23.2. The largest absolute Gasteiger partial charge is 0.501 e. The zero-order valence-corrected chi connectivity index (χ0v) is 17.6. The number of benzene rings is 1. The minimum absolute atomic E-state index is 0.0352. The Morgan fingerprint density at radius 3 is 2.59 bits per heavy atom. The summed E-state index contributed by atoms with van der Waals surface area (Å²) < 4.78 is 12.3. The average Bonchev–Trinajstić information content (AvgIpc) is 3.23. The summed E-state index contributed by atoms with van der Waals surface area (Å²) in [4.78, 5) is 42.1. The smallest absolute Gasteiger partial charge is 0.410 e. The van der Waals surface area contributed by atoms with E-state index in [1.165, 1.54) is 4.90 Å². The molecule has 1 aromatic carbocycles. The molecular weight excluding hydrogens is 422 g/mol. The van der Waals surface area contributed by atoms with E-state index in [-0.39, 0.29) is 51.7 Å². The second kappa shape index (κ2) is 9.79. The number of carboxylic acids is 1. The monoisotopic (exact) mass is 447 g/mol. The first-order chi connectivity index (χ1) is 15.3. The number of aromatic carboxylic acids is 1. The SMILES string of the molecule is CCn1c(C2(OCCO)CCN(C(=O)OCc3ccccc3)C2)nc(C(=O)O)c(O)c1=O. The molecule has 0 aliphatic carbocycles. The Balaban J connectivity index is 1.92. The Morgan fingerprint density at radius 1 is 1.25 bits per heavy atom. The van der Waals surface area contributed by atoms with Gasteiger partial charge < -0.3 is 29.7 Å². The van der Waals surface area contributed by atoms with Gasteiger partial charge in [0.25, 0.3) is 5.56 Å². The minimum atomic E-state index is -1.57. The molecule has 2 aromatic rings. The van der Waals surface area contributed by atoms with Crippen LogP contribution in [0.4, 0.5) is 4.79 Å². The van der Waals surface area contributed by atoms with E-state index in [2.05, 4.69) is 4.98 Å².